The van der Waals surface area contributed by atoms with Gasteiger partial charge < -0.3 is 4.90 Å². The van der Waals surface area contributed by atoms with Crippen LogP contribution in [0.5, 0.6) is 0 Å². The maximum atomic E-state index is 3.47. The van der Waals surface area contributed by atoms with E-state index in [0.717, 1.165) is 11.2 Å². The van der Waals surface area contributed by atoms with Crippen LogP contribution in [0, 0.1) is 5.92 Å². The zero-order valence-corrected chi connectivity index (χ0v) is 10.9. The second-order valence-electron chi connectivity index (χ2n) is 3.80. The van der Waals surface area contributed by atoms with Crippen molar-refractivity contribution in [2.75, 3.05) is 25.0 Å². The monoisotopic (exact) mass is 249 g/mol. The summed E-state index contributed by atoms with van der Waals surface area (Å²) >= 11 is 3.47. The lowest BCUT2D eigenvalue weighted by Gasteiger charge is -2.23. The van der Waals surface area contributed by atoms with E-state index in [1.165, 1.54) is 38.9 Å². The van der Waals surface area contributed by atoms with Crippen LogP contribution < -0.4 is 0 Å². The highest BCUT2D eigenvalue weighted by molar-refractivity contribution is 9.09. The highest BCUT2D eigenvalue weighted by atomic mass is 79.9. The molecule has 1 unspecified atom stereocenters. The third-order valence-corrected chi connectivity index (χ3v) is 3.13. The van der Waals surface area contributed by atoms with Crippen LogP contribution in [-0.4, -0.2) is 29.9 Å². The first-order valence-corrected chi connectivity index (χ1v) is 6.65. The summed E-state index contributed by atoms with van der Waals surface area (Å²) in [6, 6.07) is 0. The number of nitrogens with zero attached hydrogens (tertiary/aromatic N) is 1. The lowest BCUT2D eigenvalue weighted by Crippen LogP contribution is -2.29. The van der Waals surface area contributed by atoms with Crippen LogP contribution in [0.25, 0.3) is 0 Å². The van der Waals surface area contributed by atoms with Crippen molar-refractivity contribution in [3.8, 4) is 0 Å². The van der Waals surface area contributed by atoms with Gasteiger partial charge in [0.25, 0.3) is 0 Å². The molecule has 0 rings (SSSR count). The van der Waals surface area contributed by atoms with Crippen LogP contribution in [0.4, 0.5) is 0 Å². The SMILES string of the molecule is CCC(C)CN(CC)CCCCBr. The van der Waals surface area contributed by atoms with Crippen molar-refractivity contribution in [3.05, 3.63) is 0 Å². The van der Waals surface area contributed by atoms with Gasteiger partial charge in [-0.1, -0.05) is 43.1 Å². The molecule has 80 valence electrons. The molecule has 0 aromatic rings. The number of rotatable bonds is 8. The van der Waals surface area contributed by atoms with E-state index in [2.05, 4.69) is 41.6 Å². The lowest BCUT2D eigenvalue weighted by molar-refractivity contribution is 0.243. The maximum Gasteiger partial charge on any atom is 0.00317 e. The second-order valence-corrected chi connectivity index (χ2v) is 4.60. The Bertz CT molecular complexity index is 106. The number of hydrogen-bond acceptors (Lipinski definition) is 1. The van der Waals surface area contributed by atoms with Crippen LogP contribution in [0.2, 0.25) is 0 Å². The first kappa shape index (κ1) is 13.4. The number of hydrogen-bond donors (Lipinski definition) is 0. The van der Waals surface area contributed by atoms with Gasteiger partial charge in [-0.3, -0.25) is 0 Å². The topological polar surface area (TPSA) is 3.24 Å². The quantitative estimate of drug-likeness (QED) is 0.470. The summed E-state index contributed by atoms with van der Waals surface area (Å²) in [5, 5.41) is 1.15. The summed E-state index contributed by atoms with van der Waals surface area (Å²) in [5.74, 6) is 0.851. The highest BCUT2D eigenvalue weighted by Crippen LogP contribution is 2.05. The lowest BCUT2D eigenvalue weighted by atomic mass is 10.1. The number of unbranched alkanes of at least 4 members (excludes halogenated alkanes) is 1. The standard InChI is InChI=1S/C11H24BrN/c1-4-11(3)10-13(5-2)9-7-6-8-12/h11H,4-10H2,1-3H3. The van der Waals surface area contributed by atoms with Crippen LogP contribution in [0.3, 0.4) is 0 Å². The van der Waals surface area contributed by atoms with Gasteiger partial charge in [0.1, 0.15) is 0 Å². The molecule has 0 aliphatic carbocycles. The van der Waals surface area contributed by atoms with E-state index < -0.39 is 0 Å². The molecular weight excluding hydrogens is 226 g/mol. The molecule has 0 saturated heterocycles. The molecule has 0 bridgehead atoms. The minimum absolute atomic E-state index is 0.851. The molecule has 0 aliphatic heterocycles. The minimum atomic E-state index is 0.851. The normalized spacial score (nSPS) is 13.6. The van der Waals surface area contributed by atoms with Gasteiger partial charge in [0.05, 0.1) is 0 Å². The Morgan fingerprint density at radius 1 is 1.23 bits per heavy atom. The number of halogens is 1. The third kappa shape index (κ3) is 7.51. The van der Waals surface area contributed by atoms with Crippen LogP contribution >= 0.6 is 15.9 Å². The highest BCUT2D eigenvalue weighted by Gasteiger charge is 2.05. The molecule has 0 N–H and O–H groups in total. The summed E-state index contributed by atoms with van der Waals surface area (Å²) < 4.78 is 0. The van der Waals surface area contributed by atoms with E-state index in [1.807, 2.05) is 0 Å². The molecule has 0 aromatic heterocycles. The van der Waals surface area contributed by atoms with Gasteiger partial charge in [-0.05, 0) is 31.8 Å². The Labute approximate surface area is 92.0 Å². The Hall–Kier alpha value is 0.440. The molecular formula is C11H24BrN. The second kappa shape index (κ2) is 9.01. The molecule has 2 heteroatoms. The molecule has 0 aliphatic rings. The minimum Gasteiger partial charge on any atom is -0.303 e. The van der Waals surface area contributed by atoms with E-state index in [1.54, 1.807) is 0 Å². The van der Waals surface area contributed by atoms with Gasteiger partial charge >= 0.3 is 0 Å². The largest absolute Gasteiger partial charge is 0.303 e. The molecule has 0 amide bonds. The first-order chi connectivity index (χ1) is 6.24. The predicted octanol–water partition coefficient (Wildman–Crippen LogP) is 3.53. The molecule has 1 nitrogen and oxygen atoms in total. The molecule has 13 heavy (non-hydrogen) atoms. The van der Waals surface area contributed by atoms with Crippen LogP contribution in [0.15, 0.2) is 0 Å². The van der Waals surface area contributed by atoms with Gasteiger partial charge in [0.2, 0.25) is 0 Å². The van der Waals surface area contributed by atoms with Crippen molar-refractivity contribution in [3.63, 3.8) is 0 Å². The Kier molecular flexibility index (Phi) is 9.32. The van der Waals surface area contributed by atoms with Gasteiger partial charge in [-0.25, -0.2) is 0 Å². The zero-order chi connectivity index (χ0) is 10.1. The summed E-state index contributed by atoms with van der Waals surface area (Å²) in [5.41, 5.74) is 0. The van der Waals surface area contributed by atoms with Crippen molar-refractivity contribution in [2.24, 2.45) is 5.92 Å². The van der Waals surface area contributed by atoms with Crippen molar-refractivity contribution in [1.29, 1.82) is 0 Å². The molecule has 1 atom stereocenters. The molecule has 0 saturated carbocycles. The smallest absolute Gasteiger partial charge is 0.00317 e. The van der Waals surface area contributed by atoms with Gasteiger partial charge in [-0.2, -0.15) is 0 Å². The van der Waals surface area contributed by atoms with Crippen molar-refractivity contribution < 1.29 is 0 Å². The van der Waals surface area contributed by atoms with Gasteiger partial charge in [0, 0.05) is 11.9 Å². The summed E-state index contributed by atoms with van der Waals surface area (Å²) in [4.78, 5) is 2.57. The Morgan fingerprint density at radius 3 is 2.38 bits per heavy atom. The molecule has 0 aromatic carbocycles. The van der Waals surface area contributed by atoms with E-state index in [9.17, 15) is 0 Å². The first-order valence-electron chi connectivity index (χ1n) is 5.52. The Morgan fingerprint density at radius 2 is 1.92 bits per heavy atom. The molecule has 0 radical (unpaired) electrons. The average molecular weight is 250 g/mol. The predicted molar refractivity (Wildman–Crippen MR) is 64.6 cm³/mol. The summed E-state index contributed by atoms with van der Waals surface area (Å²) in [6.45, 7) is 10.6. The van der Waals surface area contributed by atoms with Crippen molar-refractivity contribution in [1.82, 2.24) is 4.90 Å². The van der Waals surface area contributed by atoms with Gasteiger partial charge in [0.15, 0.2) is 0 Å². The maximum absolute atomic E-state index is 3.47. The summed E-state index contributed by atoms with van der Waals surface area (Å²) in [7, 11) is 0. The Balaban J connectivity index is 3.50. The fraction of sp³-hybridized carbons (Fsp3) is 1.00. The van der Waals surface area contributed by atoms with Gasteiger partial charge in [-0.15, -0.1) is 0 Å². The van der Waals surface area contributed by atoms with Crippen molar-refractivity contribution in [2.45, 2.75) is 40.0 Å². The molecule has 0 spiro atoms. The van der Waals surface area contributed by atoms with E-state index in [-0.39, 0.29) is 0 Å². The summed E-state index contributed by atoms with van der Waals surface area (Å²) in [6.07, 6.45) is 3.93. The van der Waals surface area contributed by atoms with Crippen molar-refractivity contribution >= 4 is 15.9 Å². The molecule has 0 heterocycles. The van der Waals surface area contributed by atoms with E-state index in [4.69, 9.17) is 0 Å². The van der Waals surface area contributed by atoms with Crippen LogP contribution in [0.1, 0.15) is 40.0 Å². The van der Waals surface area contributed by atoms with E-state index in [0.29, 0.717) is 0 Å². The van der Waals surface area contributed by atoms with E-state index >= 15 is 0 Å². The molecule has 0 fully saturated rings. The fourth-order valence-electron chi connectivity index (χ4n) is 1.38. The fourth-order valence-corrected chi connectivity index (χ4v) is 1.77. The average Bonchev–Trinajstić information content (AvgIpc) is 2.16. The zero-order valence-electron chi connectivity index (χ0n) is 9.35. The number of alkyl halides is 1. The third-order valence-electron chi connectivity index (χ3n) is 2.57. The van der Waals surface area contributed by atoms with Crippen LogP contribution in [-0.2, 0) is 0 Å².